The Hall–Kier alpha value is -1.97. The zero-order valence-electron chi connectivity index (χ0n) is 12.6. The van der Waals surface area contributed by atoms with Gasteiger partial charge < -0.3 is 4.74 Å². The molecule has 0 bridgehead atoms. The lowest BCUT2D eigenvalue weighted by molar-refractivity contribution is 0.123. The second-order valence-electron chi connectivity index (χ2n) is 6.42. The van der Waals surface area contributed by atoms with Crippen LogP contribution in [0.2, 0.25) is 0 Å². The Kier molecular flexibility index (Phi) is 3.40. The van der Waals surface area contributed by atoms with Gasteiger partial charge in [0.2, 0.25) is 5.88 Å². The van der Waals surface area contributed by atoms with Crippen LogP contribution in [0.3, 0.4) is 0 Å². The standard InChI is InChI=1S/C17H19FN2O/c1-17(2,3)21-15-10-14(12-6-4-5-7-13(12)18)19-16(20-15)11-8-9-11/h4-7,10-11H,8-9H2,1-3H3. The molecule has 1 saturated carbocycles. The van der Waals surface area contributed by atoms with E-state index in [1.807, 2.05) is 26.8 Å². The summed E-state index contributed by atoms with van der Waals surface area (Å²) in [6.07, 6.45) is 2.19. The lowest BCUT2D eigenvalue weighted by Gasteiger charge is -2.21. The zero-order chi connectivity index (χ0) is 15.0. The van der Waals surface area contributed by atoms with E-state index in [0.29, 0.717) is 23.1 Å². The third-order valence-corrected chi connectivity index (χ3v) is 3.22. The molecular formula is C17H19FN2O. The maximum atomic E-state index is 14.0. The van der Waals surface area contributed by atoms with Gasteiger partial charge in [0.15, 0.2) is 0 Å². The highest BCUT2D eigenvalue weighted by atomic mass is 19.1. The number of ether oxygens (including phenoxy) is 1. The topological polar surface area (TPSA) is 35.0 Å². The van der Waals surface area contributed by atoms with Crippen molar-refractivity contribution in [2.75, 3.05) is 0 Å². The van der Waals surface area contributed by atoms with E-state index in [1.54, 1.807) is 18.2 Å². The molecule has 3 nitrogen and oxygen atoms in total. The van der Waals surface area contributed by atoms with Crippen LogP contribution in [0.1, 0.15) is 45.4 Å². The van der Waals surface area contributed by atoms with Crippen LogP contribution in [-0.2, 0) is 0 Å². The number of nitrogens with zero attached hydrogens (tertiary/aromatic N) is 2. The first-order valence-corrected chi connectivity index (χ1v) is 7.25. The highest BCUT2D eigenvalue weighted by molar-refractivity contribution is 5.61. The van der Waals surface area contributed by atoms with Crippen LogP contribution in [0.25, 0.3) is 11.3 Å². The van der Waals surface area contributed by atoms with Crippen molar-refractivity contribution in [1.82, 2.24) is 9.97 Å². The summed E-state index contributed by atoms with van der Waals surface area (Å²) in [4.78, 5) is 9.01. The summed E-state index contributed by atoms with van der Waals surface area (Å²) in [6, 6.07) is 8.37. The van der Waals surface area contributed by atoms with Crippen molar-refractivity contribution in [3.05, 3.63) is 42.0 Å². The molecule has 2 aromatic rings. The highest BCUT2D eigenvalue weighted by Crippen LogP contribution is 2.39. The van der Waals surface area contributed by atoms with Crippen molar-refractivity contribution in [3.8, 4) is 17.1 Å². The summed E-state index contributed by atoms with van der Waals surface area (Å²) in [5, 5.41) is 0. The van der Waals surface area contributed by atoms with E-state index < -0.39 is 0 Å². The third-order valence-electron chi connectivity index (χ3n) is 3.22. The van der Waals surface area contributed by atoms with Gasteiger partial charge in [-0.05, 0) is 45.7 Å². The lowest BCUT2D eigenvalue weighted by Crippen LogP contribution is -2.24. The van der Waals surface area contributed by atoms with Crippen LogP contribution in [-0.4, -0.2) is 15.6 Å². The van der Waals surface area contributed by atoms with E-state index in [2.05, 4.69) is 9.97 Å². The fourth-order valence-electron chi connectivity index (χ4n) is 2.14. The highest BCUT2D eigenvalue weighted by Gasteiger charge is 2.28. The molecule has 3 rings (SSSR count). The first-order valence-electron chi connectivity index (χ1n) is 7.25. The number of aromatic nitrogens is 2. The van der Waals surface area contributed by atoms with Gasteiger partial charge in [-0.3, -0.25) is 0 Å². The Morgan fingerprint density at radius 1 is 1.14 bits per heavy atom. The summed E-state index contributed by atoms with van der Waals surface area (Å²) in [6.45, 7) is 5.90. The van der Waals surface area contributed by atoms with Gasteiger partial charge in [-0.1, -0.05) is 12.1 Å². The van der Waals surface area contributed by atoms with E-state index in [9.17, 15) is 4.39 Å². The SMILES string of the molecule is CC(C)(C)Oc1cc(-c2ccccc2F)nc(C2CC2)n1. The molecule has 0 spiro atoms. The minimum absolute atomic E-state index is 0.278. The summed E-state index contributed by atoms with van der Waals surface area (Å²) in [5.41, 5.74) is 0.728. The van der Waals surface area contributed by atoms with Gasteiger partial charge >= 0.3 is 0 Å². The number of benzene rings is 1. The summed E-state index contributed by atoms with van der Waals surface area (Å²) >= 11 is 0. The second kappa shape index (κ2) is 5.10. The van der Waals surface area contributed by atoms with Crippen molar-refractivity contribution >= 4 is 0 Å². The molecule has 1 fully saturated rings. The predicted molar refractivity (Wildman–Crippen MR) is 79.8 cm³/mol. The van der Waals surface area contributed by atoms with Crippen LogP contribution in [0.15, 0.2) is 30.3 Å². The Morgan fingerprint density at radius 2 is 1.86 bits per heavy atom. The van der Waals surface area contributed by atoms with Gasteiger partial charge in [-0.25, -0.2) is 9.37 Å². The minimum atomic E-state index is -0.346. The number of rotatable bonds is 3. The molecule has 0 N–H and O–H groups in total. The Morgan fingerprint density at radius 3 is 2.48 bits per heavy atom. The van der Waals surface area contributed by atoms with Gasteiger partial charge in [0.25, 0.3) is 0 Å². The molecule has 0 radical (unpaired) electrons. The van der Waals surface area contributed by atoms with Crippen molar-refractivity contribution in [3.63, 3.8) is 0 Å². The van der Waals surface area contributed by atoms with Gasteiger partial charge in [0, 0.05) is 17.5 Å². The summed E-state index contributed by atoms with van der Waals surface area (Å²) in [7, 11) is 0. The van der Waals surface area contributed by atoms with Gasteiger partial charge in [-0.2, -0.15) is 4.98 Å². The molecule has 1 aromatic heterocycles. The number of hydrogen-bond donors (Lipinski definition) is 0. The molecule has 4 heteroatoms. The molecule has 1 aromatic carbocycles. The fourth-order valence-corrected chi connectivity index (χ4v) is 2.14. The molecule has 1 heterocycles. The monoisotopic (exact) mass is 286 g/mol. The number of hydrogen-bond acceptors (Lipinski definition) is 3. The summed E-state index contributed by atoms with van der Waals surface area (Å²) < 4.78 is 19.8. The molecule has 0 unspecified atom stereocenters. The molecule has 0 aliphatic heterocycles. The molecular weight excluding hydrogens is 267 g/mol. The average molecular weight is 286 g/mol. The van der Waals surface area contributed by atoms with E-state index in [0.717, 1.165) is 18.7 Å². The van der Waals surface area contributed by atoms with Crippen molar-refractivity contribution in [2.24, 2.45) is 0 Å². The molecule has 110 valence electrons. The molecule has 1 aliphatic carbocycles. The average Bonchev–Trinajstić information content (AvgIpc) is 3.21. The van der Waals surface area contributed by atoms with Crippen LogP contribution in [0, 0.1) is 5.82 Å². The third kappa shape index (κ3) is 3.38. The van der Waals surface area contributed by atoms with E-state index in [1.165, 1.54) is 6.07 Å². The fraction of sp³-hybridized carbons (Fsp3) is 0.412. The zero-order valence-corrected chi connectivity index (χ0v) is 12.6. The maximum Gasteiger partial charge on any atom is 0.217 e. The van der Waals surface area contributed by atoms with E-state index in [4.69, 9.17) is 4.74 Å². The van der Waals surface area contributed by atoms with Crippen LogP contribution < -0.4 is 4.74 Å². The molecule has 21 heavy (non-hydrogen) atoms. The Labute approximate surface area is 124 Å². The lowest BCUT2D eigenvalue weighted by atomic mass is 10.1. The first-order chi connectivity index (χ1) is 9.92. The maximum absolute atomic E-state index is 14.0. The molecule has 0 amide bonds. The normalized spacial score (nSPS) is 15.0. The predicted octanol–water partition coefficient (Wildman–Crippen LogP) is 4.34. The van der Waals surface area contributed by atoms with Crippen molar-refractivity contribution in [1.29, 1.82) is 0 Å². The van der Waals surface area contributed by atoms with Crippen LogP contribution in [0.5, 0.6) is 5.88 Å². The quantitative estimate of drug-likeness (QED) is 0.842. The van der Waals surface area contributed by atoms with E-state index >= 15 is 0 Å². The Balaban J connectivity index is 2.05. The van der Waals surface area contributed by atoms with Crippen molar-refractivity contribution < 1.29 is 9.13 Å². The largest absolute Gasteiger partial charge is 0.472 e. The number of halogens is 1. The smallest absolute Gasteiger partial charge is 0.217 e. The molecule has 0 saturated heterocycles. The second-order valence-corrected chi connectivity index (χ2v) is 6.42. The Bertz CT molecular complexity index is 660. The molecule has 0 atom stereocenters. The van der Waals surface area contributed by atoms with Crippen LogP contribution >= 0.6 is 0 Å². The summed E-state index contributed by atoms with van der Waals surface area (Å²) in [5.74, 6) is 1.38. The minimum Gasteiger partial charge on any atom is -0.472 e. The van der Waals surface area contributed by atoms with Gasteiger partial charge in [0.1, 0.15) is 17.2 Å². The van der Waals surface area contributed by atoms with Crippen LogP contribution in [0.4, 0.5) is 4.39 Å². The van der Waals surface area contributed by atoms with Gasteiger partial charge in [0.05, 0.1) is 5.69 Å². The molecule has 1 aliphatic rings. The van der Waals surface area contributed by atoms with E-state index in [-0.39, 0.29) is 11.4 Å². The van der Waals surface area contributed by atoms with Crippen molar-refractivity contribution in [2.45, 2.75) is 45.1 Å². The van der Waals surface area contributed by atoms with Gasteiger partial charge in [-0.15, -0.1) is 0 Å². The first kappa shape index (κ1) is 14.0.